The van der Waals surface area contributed by atoms with Gasteiger partial charge in [0.15, 0.2) is 0 Å². The van der Waals surface area contributed by atoms with Crippen molar-refractivity contribution in [1.29, 1.82) is 0 Å². The molecule has 3 nitrogen and oxygen atoms in total. The molecule has 3 rings (SSSR count). The molecule has 0 aliphatic heterocycles. The molecule has 1 aromatic carbocycles. The lowest BCUT2D eigenvalue weighted by molar-refractivity contribution is 0.0697. The number of hydrogen-bond donors (Lipinski definition) is 1. The molecule has 0 aliphatic carbocycles. The molecule has 0 fully saturated rings. The second-order valence-electron chi connectivity index (χ2n) is 4.13. The molecule has 0 unspecified atom stereocenters. The van der Waals surface area contributed by atoms with Gasteiger partial charge in [0.1, 0.15) is 0 Å². The van der Waals surface area contributed by atoms with Crippen LogP contribution in [0.15, 0.2) is 48.1 Å². The van der Waals surface area contributed by atoms with E-state index in [1.54, 1.807) is 29.8 Å². The zero-order chi connectivity index (χ0) is 12.5. The van der Waals surface area contributed by atoms with Crippen LogP contribution in [0.2, 0.25) is 0 Å². The molecular weight excluding hydrogens is 246 g/mol. The number of aromatic carboxylic acids is 1. The quantitative estimate of drug-likeness (QED) is 0.780. The van der Waals surface area contributed by atoms with E-state index in [9.17, 15) is 4.79 Å². The van der Waals surface area contributed by atoms with Crippen LogP contribution in [-0.2, 0) is 6.54 Å². The second-order valence-corrected chi connectivity index (χ2v) is 5.05. The van der Waals surface area contributed by atoms with Crippen molar-refractivity contribution in [3.63, 3.8) is 0 Å². The standard InChI is InChI=1S/C14H11NO2S/c16-14(17)10-5-6-15(7-10)8-11-9-18-13-4-2-1-3-12(11)13/h1-7,9H,8H2,(H,16,17). The first kappa shape index (κ1) is 11.0. The molecule has 90 valence electrons. The number of hydrogen-bond acceptors (Lipinski definition) is 2. The van der Waals surface area contributed by atoms with E-state index in [-0.39, 0.29) is 0 Å². The molecule has 0 radical (unpaired) electrons. The molecule has 1 N–H and O–H groups in total. The molecule has 0 saturated carbocycles. The number of carboxylic acid groups (broad SMARTS) is 1. The number of aromatic nitrogens is 1. The van der Waals surface area contributed by atoms with Gasteiger partial charge in [-0.15, -0.1) is 11.3 Å². The largest absolute Gasteiger partial charge is 0.478 e. The molecule has 2 heterocycles. The summed E-state index contributed by atoms with van der Waals surface area (Å²) in [6.07, 6.45) is 3.46. The molecule has 0 atom stereocenters. The van der Waals surface area contributed by atoms with Gasteiger partial charge in [-0.2, -0.15) is 0 Å². The zero-order valence-corrected chi connectivity index (χ0v) is 10.4. The van der Waals surface area contributed by atoms with Crippen LogP contribution >= 0.6 is 11.3 Å². The van der Waals surface area contributed by atoms with Crippen LogP contribution in [0, 0.1) is 0 Å². The van der Waals surface area contributed by atoms with Crippen LogP contribution in [0.3, 0.4) is 0 Å². The van der Waals surface area contributed by atoms with E-state index >= 15 is 0 Å². The Kier molecular flexibility index (Phi) is 2.64. The third-order valence-corrected chi connectivity index (χ3v) is 3.92. The lowest BCUT2D eigenvalue weighted by Gasteiger charge is -2.01. The summed E-state index contributed by atoms with van der Waals surface area (Å²) >= 11 is 1.72. The molecule has 2 aromatic heterocycles. The summed E-state index contributed by atoms with van der Waals surface area (Å²) in [4.78, 5) is 10.8. The van der Waals surface area contributed by atoms with Crippen molar-refractivity contribution in [3.8, 4) is 0 Å². The van der Waals surface area contributed by atoms with E-state index < -0.39 is 5.97 Å². The first-order valence-electron chi connectivity index (χ1n) is 5.58. The minimum atomic E-state index is -0.885. The molecule has 0 saturated heterocycles. The van der Waals surface area contributed by atoms with Crippen LogP contribution < -0.4 is 0 Å². The molecule has 18 heavy (non-hydrogen) atoms. The van der Waals surface area contributed by atoms with Crippen molar-refractivity contribution >= 4 is 27.4 Å². The van der Waals surface area contributed by atoms with Crippen molar-refractivity contribution in [2.24, 2.45) is 0 Å². The van der Waals surface area contributed by atoms with Gasteiger partial charge in [-0.1, -0.05) is 18.2 Å². The maximum absolute atomic E-state index is 10.8. The van der Waals surface area contributed by atoms with E-state index in [2.05, 4.69) is 17.5 Å². The van der Waals surface area contributed by atoms with Gasteiger partial charge in [-0.05, 0) is 28.5 Å². The fourth-order valence-electron chi connectivity index (χ4n) is 2.02. The van der Waals surface area contributed by atoms with Crippen LogP contribution in [0.4, 0.5) is 0 Å². The highest BCUT2D eigenvalue weighted by Gasteiger charge is 2.07. The highest BCUT2D eigenvalue weighted by Crippen LogP contribution is 2.26. The van der Waals surface area contributed by atoms with E-state index in [4.69, 9.17) is 5.11 Å². The zero-order valence-electron chi connectivity index (χ0n) is 9.54. The minimum absolute atomic E-state index is 0.328. The minimum Gasteiger partial charge on any atom is -0.478 e. The van der Waals surface area contributed by atoms with Crippen molar-refractivity contribution in [1.82, 2.24) is 4.57 Å². The van der Waals surface area contributed by atoms with E-state index in [1.807, 2.05) is 16.7 Å². The molecule has 0 aliphatic rings. The van der Waals surface area contributed by atoms with Gasteiger partial charge in [0, 0.05) is 23.6 Å². The fraction of sp³-hybridized carbons (Fsp3) is 0.0714. The van der Waals surface area contributed by atoms with E-state index in [1.165, 1.54) is 15.6 Å². The Balaban J connectivity index is 1.93. The highest BCUT2D eigenvalue weighted by atomic mass is 32.1. The van der Waals surface area contributed by atoms with Crippen LogP contribution in [0.1, 0.15) is 15.9 Å². The second kappa shape index (κ2) is 4.31. The van der Waals surface area contributed by atoms with Crippen LogP contribution in [0.5, 0.6) is 0 Å². The van der Waals surface area contributed by atoms with Crippen molar-refractivity contribution in [2.75, 3.05) is 0 Å². The molecule has 0 amide bonds. The first-order chi connectivity index (χ1) is 8.74. The molecular formula is C14H11NO2S. The van der Waals surface area contributed by atoms with Gasteiger partial charge in [0.05, 0.1) is 5.56 Å². The summed E-state index contributed by atoms with van der Waals surface area (Å²) in [5, 5.41) is 12.3. The molecule has 0 spiro atoms. The Hall–Kier alpha value is -2.07. The first-order valence-corrected chi connectivity index (χ1v) is 6.46. The normalized spacial score (nSPS) is 10.9. The number of carboxylic acids is 1. The van der Waals surface area contributed by atoms with Gasteiger partial charge in [-0.3, -0.25) is 0 Å². The predicted molar refractivity (Wildman–Crippen MR) is 72.3 cm³/mol. The Labute approximate surface area is 108 Å². The molecule has 3 aromatic rings. The lowest BCUT2D eigenvalue weighted by Crippen LogP contribution is -1.97. The van der Waals surface area contributed by atoms with Gasteiger partial charge in [0.2, 0.25) is 0 Å². The smallest absolute Gasteiger partial charge is 0.337 e. The maximum Gasteiger partial charge on any atom is 0.337 e. The summed E-state index contributed by atoms with van der Waals surface area (Å²) in [6, 6.07) is 9.87. The number of thiophene rings is 1. The predicted octanol–water partition coefficient (Wildman–Crippen LogP) is 3.45. The summed E-state index contributed by atoms with van der Waals surface area (Å²) in [5.74, 6) is -0.885. The third-order valence-electron chi connectivity index (χ3n) is 2.91. The summed E-state index contributed by atoms with van der Waals surface area (Å²) < 4.78 is 3.16. The van der Waals surface area contributed by atoms with Gasteiger partial charge in [0.25, 0.3) is 0 Å². The number of benzene rings is 1. The highest BCUT2D eigenvalue weighted by molar-refractivity contribution is 7.17. The van der Waals surface area contributed by atoms with Crippen LogP contribution in [-0.4, -0.2) is 15.6 Å². The van der Waals surface area contributed by atoms with Crippen LogP contribution in [0.25, 0.3) is 10.1 Å². The Morgan fingerprint density at radius 3 is 2.89 bits per heavy atom. The monoisotopic (exact) mass is 257 g/mol. The Morgan fingerprint density at radius 2 is 2.11 bits per heavy atom. The molecule has 0 bridgehead atoms. The number of nitrogens with zero attached hydrogens (tertiary/aromatic N) is 1. The topological polar surface area (TPSA) is 42.2 Å². The van der Waals surface area contributed by atoms with Crippen molar-refractivity contribution in [2.45, 2.75) is 6.54 Å². The summed E-state index contributed by atoms with van der Waals surface area (Å²) in [6.45, 7) is 0.706. The number of fused-ring (bicyclic) bond motifs is 1. The fourth-order valence-corrected chi connectivity index (χ4v) is 2.97. The average Bonchev–Trinajstić information content (AvgIpc) is 2.98. The number of rotatable bonds is 3. The Morgan fingerprint density at radius 1 is 1.28 bits per heavy atom. The van der Waals surface area contributed by atoms with Gasteiger partial charge >= 0.3 is 5.97 Å². The lowest BCUT2D eigenvalue weighted by atomic mass is 10.2. The number of carbonyl (C=O) groups is 1. The summed E-state index contributed by atoms with van der Waals surface area (Å²) in [5.41, 5.74) is 1.55. The van der Waals surface area contributed by atoms with Crippen molar-refractivity contribution in [3.05, 3.63) is 59.2 Å². The average molecular weight is 257 g/mol. The van der Waals surface area contributed by atoms with Crippen molar-refractivity contribution < 1.29 is 9.90 Å². The molecule has 4 heteroatoms. The van der Waals surface area contributed by atoms with E-state index in [0.717, 1.165) is 0 Å². The summed E-state index contributed by atoms with van der Waals surface area (Å²) in [7, 11) is 0. The maximum atomic E-state index is 10.8. The van der Waals surface area contributed by atoms with E-state index in [0.29, 0.717) is 12.1 Å². The third kappa shape index (κ3) is 1.91. The Bertz CT molecular complexity index is 711. The van der Waals surface area contributed by atoms with Gasteiger partial charge in [-0.25, -0.2) is 4.79 Å². The SMILES string of the molecule is O=C(O)c1ccn(Cc2csc3ccccc23)c1. The van der Waals surface area contributed by atoms with Gasteiger partial charge < -0.3 is 9.67 Å².